The van der Waals surface area contributed by atoms with Gasteiger partial charge in [-0.15, -0.1) is 0 Å². The van der Waals surface area contributed by atoms with Crippen LogP contribution in [-0.4, -0.2) is 82.9 Å². The van der Waals surface area contributed by atoms with Crippen molar-refractivity contribution < 1.29 is 29.2 Å². The van der Waals surface area contributed by atoms with Crippen molar-refractivity contribution in [2.45, 2.75) is 90.9 Å². The third-order valence-electron chi connectivity index (χ3n) is 11.8. The summed E-state index contributed by atoms with van der Waals surface area (Å²) in [5.74, 6) is 2.11. The highest BCUT2D eigenvalue weighted by molar-refractivity contribution is 6.76. The molecule has 2 unspecified atom stereocenters. The van der Waals surface area contributed by atoms with Crippen LogP contribution in [0.2, 0.25) is 51.4 Å². The Balaban J connectivity index is 0.000000196. The Bertz CT molecular complexity index is 3010. The van der Waals surface area contributed by atoms with Gasteiger partial charge in [0.15, 0.2) is 0 Å². The van der Waals surface area contributed by atoms with Crippen LogP contribution in [0.15, 0.2) is 73.1 Å². The topological polar surface area (TPSA) is 192 Å². The molecule has 0 aliphatic rings. The average molecular weight is 925 g/mol. The van der Waals surface area contributed by atoms with Crippen LogP contribution in [0.3, 0.4) is 0 Å². The first-order valence-electron chi connectivity index (χ1n) is 22.1. The molecule has 0 aliphatic carbocycles. The summed E-state index contributed by atoms with van der Waals surface area (Å²) in [4.78, 5) is 16.0. The Kier molecular flexibility index (Phi) is 14.2. The molecule has 4 aromatic heterocycles. The molecule has 0 amide bonds. The lowest BCUT2D eigenvalue weighted by Gasteiger charge is -2.20. The van der Waals surface area contributed by atoms with Crippen LogP contribution in [0.4, 0.5) is 0 Å². The van der Waals surface area contributed by atoms with Crippen LogP contribution < -0.4 is 9.47 Å². The number of aliphatic hydroxyl groups is 2. The van der Waals surface area contributed by atoms with Gasteiger partial charge in [0, 0.05) is 74.7 Å². The largest absolute Gasteiger partial charge is 0.496 e. The smallest absolute Gasteiger partial charge is 0.145 e. The van der Waals surface area contributed by atoms with Crippen LogP contribution >= 0.6 is 0 Å². The standard InChI is InChI=1S/2C25H30N4O3Si/c1-16-12-21(31-2)22(18-8-9-27-23(16)18)24(30)25-28-19-13-17(14-26)6-7-20(19)29(25)15-32-10-11-33(3,4)5;1-16-12-21(31-2)22(18-8-9-27-23(16)18)24(30)25-28-19-7-6-17(14-26)13-20(19)29(25)15-32-10-11-33(3,4)5/h2*6-9,12-13,24,27,30H,10-11,15H2,1-5H3. The number of rotatable bonds is 16. The van der Waals surface area contributed by atoms with Gasteiger partial charge in [-0.1, -0.05) is 39.3 Å². The monoisotopic (exact) mass is 924 g/mol. The van der Waals surface area contributed by atoms with Gasteiger partial charge in [0.25, 0.3) is 0 Å². The fourth-order valence-electron chi connectivity index (χ4n) is 8.14. The minimum atomic E-state index is -1.24. The summed E-state index contributed by atoms with van der Waals surface area (Å²) < 4.78 is 27.1. The number of nitriles is 2. The zero-order valence-corrected chi connectivity index (χ0v) is 41.5. The first-order chi connectivity index (χ1) is 31.5. The number of imidazole rings is 2. The van der Waals surface area contributed by atoms with Gasteiger partial charge in [0.2, 0.25) is 0 Å². The highest BCUT2D eigenvalue weighted by atomic mass is 28.3. The first-order valence-corrected chi connectivity index (χ1v) is 29.5. The molecular formula is C50H60N8O6Si2. The molecule has 0 radical (unpaired) electrons. The molecule has 4 heterocycles. The molecule has 4 N–H and O–H groups in total. The number of ether oxygens (including phenoxy) is 4. The number of aryl methyl sites for hydroxylation is 2. The number of nitrogens with zero attached hydrogens (tertiary/aromatic N) is 6. The molecule has 0 fully saturated rings. The molecule has 16 heteroatoms. The van der Waals surface area contributed by atoms with Crippen LogP contribution in [0.5, 0.6) is 11.5 Å². The van der Waals surface area contributed by atoms with E-state index in [1.807, 2.05) is 65.7 Å². The van der Waals surface area contributed by atoms with Gasteiger partial charge in [0.05, 0.1) is 59.6 Å². The normalized spacial score (nSPS) is 12.9. The molecular weight excluding hydrogens is 865 g/mol. The van der Waals surface area contributed by atoms with Crippen LogP contribution in [0, 0.1) is 36.5 Å². The number of aliphatic hydroxyl groups excluding tert-OH is 2. The van der Waals surface area contributed by atoms with Crippen LogP contribution in [-0.2, 0) is 22.9 Å². The molecule has 4 aromatic carbocycles. The number of benzene rings is 4. The zero-order chi connectivity index (χ0) is 47.5. The van der Waals surface area contributed by atoms with E-state index in [0.29, 0.717) is 69.6 Å². The second-order valence-corrected chi connectivity index (χ2v) is 30.3. The van der Waals surface area contributed by atoms with E-state index in [-0.39, 0.29) is 13.5 Å². The SMILES string of the molecule is COc1cc(C)c2[nH]ccc2c1C(O)c1nc2cc(C#N)ccc2n1COCC[Si](C)(C)C.COc1cc(C)c2[nH]ccc2c1C(O)c1nc2ccc(C#N)cc2n1COCC[Si](C)(C)C. The van der Waals surface area contributed by atoms with Crippen molar-refractivity contribution in [2.24, 2.45) is 0 Å². The highest BCUT2D eigenvalue weighted by Gasteiger charge is 2.28. The lowest BCUT2D eigenvalue weighted by Crippen LogP contribution is -2.22. The van der Waals surface area contributed by atoms with E-state index in [4.69, 9.17) is 28.9 Å². The third-order valence-corrected chi connectivity index (χ3v) is 15.2. The lowest BCUT2D eigenvalue weighted by molar-refractivity contribution is 0.0813. The van der Waals surface area contributed by atoms with Crippen molar-refractivity contribution in [1.82, 2.24) is 29.1 Å². The molecule has 8 aromatic rings. The van der Waals surface area contributed by atoms with Crippen LogP contribution in [0.25, 0.3) is 43.9 Å². The van der Waals surface area contributed by atoms with Crippen molar-refractivity contribution in [3.63, 3.8) is 0 Å². The molecule has 344 valence electrons. The van der Waals surface area contributed by atoms with Crippen molar-refractivity contribution in [3.8, 4) is 23.6 Å². The Morgan fingerprint density at radius 1 is 0.621 bits per heavy atom. The summed E-state index contributed by atoms with van der Waals surface area (Å²) in [5, 5.41) is 43.7. The van der Waals surface area contributed by atoms with Crippen molar-refractivity contribution in [1.29, 1.82) is 10.5 Å². The van der Waals surface area contributed by atoms with Crippen molar-refractivity contribution >= 4 is 60.0 Å². The third kappa shape index (κ3) is 10.1. The predicted molar refractivity (Wildman–Crippen MR) is 264 cm³/mol. The Hall–Kier alpha value is -6.25. The summed E-state index contributed by atoms with van der Waals surface area (Å²) in [6.45, 7) is 19.7. The minimum Gasteiger partial charge on any atom is -0.496 e. The van der Waals surface area contributed by atoms with Gasteiger partial charge in [0.1, 0.15) is 48.8 Å². The fraction of sp³-hybridized carbons (Fsp3) is 0.360. The second kappa shape index (κ2) is 19.7. The maximum Gasteiger partial charge on any atom is 0.145 e. The summed E-state index contributed by atoms with van der Waals surface area (Å²) in [5.41, 5.74) is 9.24. The minimum absolute atomic E-state index is 0.243. The predicted octanol–water partition coefficient (Wildman–Crippen LogP) is 10.2. The average Bonchev–Trinajstić information content (AvgIpc) is 4.11. The number of hydrogen-bond acceptors (Lipinski definition) is 10. The Morgan fingerprint density at radius 2 is 1.08 bits per heavy atom. The fourth-order valence-corrected chi connectivity index (χ4v) is 9.66. The van der Waals surface area contributed by atoms with Gasteiger partial charge >= 0.3 is 0 Å². The number of hydrogen-bond donors (Lipinski definition) is 4. The van der Waals surface area contributed by atoms with Crippen LogP contribution in [0.1, 0.15) is 57.2 Å². The van der Waals surface area contributed by atoms with E-state index >= 15 is 0 Å². The van der Waals surface area contributed by atoms with Gasteiger partial charge < -0.3 is 48.3 Å². The molecule has 0 aliphatic heterocycles. The van der Waals surface area contributed by atoms with E-state index in [0.717, 1.165) is 56.1 Å². The summed E-state index contributed by atoms with van der Waals surface area (Å²) in [7, 11) is 0.737. The molecule has 0 spiro atoms. The Labute approximate surface area is 387 Å². The number of aromatic amines is 2. The second-order valence-electron chi connectivity index (χ2n) is 19.1. The quantitative estimate of drug-likeness (QED) is 0.0536. The van der Waals surface area contributed by atoms with Crippen molar-refractivity contribution in [3.05, 3.63) is 118 Å². The first kappa shape index (κ1) is 47.7. The number of aromatic nitrogens is 6. The van der Waals surface area contributed by atoms with E-state index in [1.165, 1.54) is 0 Å². The molecule has 14 nitrogen and oxygen atoms in total. The molecule has 2 atom stereocenters. The number of methoxy groups -OCH3 is 2. The molecule has 0 bridgehead atoms. The highest BCUT2D eigenvalue weighted by Crippen LogP contribution is 2.40. The lowest BCUT2D eigenvalue weighted by atomic mass is 10.00. The van der Waals surface area contributed by atoms with Gasteiger partial charge in [-0.2, -0.15) is 10.5 Å². The number of nitrogens with one attached hydrogen (secondary N) is 2. The molecule has 8 rings (SSSR count). The maximum absolute atomic E-state index is 11.6. The molecule has 66 heavy (non-hydrogen) atoms. The van der Waals surface area contributed by atoms with E-state index in [2.05, 4.69) is 61.4 Å². The molecule has 0 saturated heterocycles. The summed E-state index contributed by atoms with van der Waals surface area (Å²) >= 11 is 0. The van der Waals surface area contributed by atoms with E-state index in [1.54, 1.807) is 44.6 Å². The maximum atomic E-state index is 11.6. The van der Waals surface area contributed by atoms with Gasteiger partial charge in [-0.25, -0.2) is 9.97 Å². The zero-order valence-electron chi connectivity index (χ0n) is 39.5. The number of H-pyrrole nitrogens is 2. The summed E-state index contributed by atoms with van der Waals surface area (Å²) in [6.07, 6.45) is 1.62. The summed E-state index contributed by atoms with van der Waals surface area (Å²) in [6, 6.07) is 24.8. The van der Waals surface area contributed by atoms with E-state index in [9.17, 15) is 20.7 Å². The van der Waals surface area contributed by atoms with E-state index < -0.39 is 28.4 Å². The molecule has 0 saturated carbocycles. The Morgan fingerprint density at radius 3 is 1.55 bits per heavy atom. The number of fused-ring (bicyclic) bond motifs is 4. The van der Waals surface area contributed by atoms with Gasteiger partial charge in [-0.05, 0) is 97.7 Å². The van der Waals surface area contributed by atoms with Crippen molar-refractivity contribution in [2.75, 3.05) is 27.4 Å². The van der Waals surface area contributed by atoms with Gasteiger partial charge in [-0.3, -0.25) is 0 Å².